The number of rotatable bonds is 9. The zero-order valence-electron chi connectivity index (χ0n) is 17.0. The van der Waals surface area contributed by atoms with Crippen LogP contribution in [0.15, 0.2) is 4.99 Å². The van der Waals surface area contributed by atoms with Gasteiger partial charge in [-0.15, -0.1) is 24.0 Å². The van der Waals surface area contributed by atoms with Crippen LogP contribution < -0.4 is 10.6 Å². The Bertz CT molecular complexity index is 375. The summed E-state index contributed by atoms with van der Waals surface area (Å²) in [5.74, 6) is 2.83. The van der Waals surface area contributed by atoms with Crippen LogP contribution in [0.1, 0.15) is 58.8 Å². The van der Waals surface area contributed by atoms with Gasteiger partial charge in [0.05, 0.1) is 13.2 Å². The standard InChI is InChI=1S/C20H40N4O.HI/c1-3-21-20(23-11-9-19-8-6-7-18(2)17-19)22-10-4-5-12-24-13-15-25-16-14-24;/h18-19H,3-17H2,1-2H3,(H2,21,22,23);1H. The molecule has 6 heteroatoms. The molecule has 5 nitrogen and oxygen atoms in total. The Morgan fingerprint density at radius 3 is 2.69 bits per heavy atom. The summed E-state index contributed by atoms with van der Waals surface area (Å²) in [4.78, 5) is 7.25. The highest BCUT2D eigenvalue weighted by atomic mass is 127. The van der Waals surface area contributed by atoms with Crippen molar-refractivity contribution < 1.29 is 4.74 Å². The Morgan fingerprint density at radius 2 is 1.96 bits per heavy atom. The summed E-state index contributed by atoms with van der Waals surface area (Å²) in [5, 5.41) is 6.92. The van der Waals surface area contributed by atoms with Gasteiger partial charge in [0.1, 0.15) is 0 Å². The third-order valence-electron chi connectivity index (χ3n) is 5.49. The summed E-state index contributed by atoms with van der Waals surface area (Å²) in [6.07, 6.45) is 9.35. The average Bonchev–Trinajstić information content (AvgIpc) is 2.62. The molecule has 0 bridgehead atoms. The molecule has 0 aromatic heterocycles. The van der Waals surface area contributed by atoms with E-state index in [2.05, 4.69) is 29.4 Å². The van der Waals surface area contributed by atoms with Crippen LogP contribution >= 0.6 is 24.0 Å². The SMILES string of the molecule is CCNC(=NCCCCN1CCOCC1)NCCC1CCCC(C)C1.I. The van der Waals surface area contributed by atoms with Gasteiger partial charge in [-0.3, -0.25) is 9.89 Å². The van der Waals surface area contributed by atoms with Gasteiger partial charge in [-0.25, -0.2) is 0 Å². The highest BCUT2D eigenvalue weighted by molar-refractivity contribution is 14.0. The van der Waals surface area contributed by atoms with Crippen molar-refractivity contribution in [2.24, 2.45) is 16.8 Å². The van der Waals surface area contributed by atoms with Crippen molar-refractivity contribution in [3.63, 3.8) is 0 Å². The molecule has 2 N–H and O–H groups in total. The van der Waals surface area contributed by atoms with E-state index in [-0.39, 0.29) is 24.0 Å². The first-order valence-electron chi connectivity index (χ1n) is 10.6. The summed E-state index contributed by atoms with van der Waals surface area (Å²) in [6, 6.07) is 0. The molecule has 2 unspecified atom stereocenters. The van der Waals surface area contributed by atoms with Crippen LogP contribution in [-0.4, -0.2) is 63.3 Å². The van der Waals surface area contributed by atoms with Gasteiger partial charge in [-0.1, -0.05) is 26.2 Å². The van der Waals surface area contributed by atoms with Gasteiger partial charge in [0, 0.05) is 32.7 Å². The minimum atomic E-state index is 0. The molecule has 0 radical (unpaired) electrons. The van der Waals surface area contributed by atoms with E-state index in [0.717, 1.165) is 70.2 Å². The first-order valence-corrected chi connectivity index (χ1v) is 10.6. The molecule has 1 aliphatic heterocycles. The van der Waals surface area contributed by atoms with Gasteiger partial charge >= 0.3 is 0 Å². The lowest BCUT2D eigenvalue weighted by Gasteiger charge is -2.27. The third-order valence-corrected chi connectivity index (χ3v) is 5.49. The fourth-order valence-electron chi connectivity index (χ4n) is 4.02. The molecule has 0 amide bonds. The number of aliphatic imine (C=N–C) groups is 1. The predicted molar refractivity (Wildman–Crippen MR) is 122 cm³/mol. The van der Waals surface area contributed by atoms with E-state index in [1.807, 2.05) is 0 Å². The fourth-order valence-corrected chi connectivity index (χ4v) is 4.02. The minimum absolute atomic E-state index is 0. The number of halogens is 1. The summed E-state index contributed by atoms with van der Waals surface area (Å²) >= 11 is 0. The summed E-state index contributed by atoms with van der Waals surface area (Å²) < 4.78 is 5.39. The molecule has 1 saturated carbocycles. The fraction of sp³-hybridized carbons (Fsp3) is 0.950. The van der Waals surface area contributed by atoms with Crippen molar-refractivity contribution in [3.8, 4) is 0 Å². The summed E-state index contributed by atoms with van der Waals surface area (Å²) in [6.45, 7) is 12.6. The van der Waals surface area contributed by atoms with E-state index >= 15 is 0 Å². The smallest absolute Gasteiger partial charge is 0.191 e. The molecule has 2 aliphatic rings. The van der Waals surface area contributed by atoms with Gasteiger partial charge in [0.25, 0.3) is 0 Å². The first-order chi connectivity index (χ1) is 12.3. The number of guanidine groups is 1. The van der Waals surface area contributed by atoms with Gasteiger partial charge in [0.15, 0.2) is 5.96 Å². The van der Waals surface area contributed by atoms with Crippen LogP contribution in [0.3, 0.4) is 0 Å². The second-order valence-corrected chi connectivity index (χ2v) is 7.78. The highest BCUT2D eigenvalue weighted by Crippen LogP contribution is 2.30. The van der Waals surface area contributed by atoms with Gasteiger partial charge < -0.3 is 15.4 Å². The van der Waals surface area contributed by atoms with E-state index in [9.17, 15) is 0 Å². The maximum atomic E-state index is 5.39. The van der Waals surface area contributed by atoms with Gasteiger partial charge in [0.2, 0.25) is 0 Å². The van der Waals surface area contributed by atoms with E-state index in [1.165, 1.54) is 45.1 Å². The molecule has 1 saturated heterocycles. The normalized spacial score (nSPS) is 24.8. The third kappa shape index (κ3) is 10.3. The monoisotopic (exact) mass is 480 g/mol. The van der Waals surface area contributed by atoms with Crippen molar-refractivity contribution >= 4 is 29.9 Å². The average molecular weight is 480 g/mol. The molecule has 2 atom stereocenters. The number of hydrogen-bond donors (Lipinski definition) is 2. The topological polar surface area (TPSA) is 48.9 Å². The molecular formula is C20H41IN4O. The largest absolute Gasteiger partial charge is 0.379 e. The van der Waals surface area contributed by atoms with Crippen molar-refractivity contribution in [2.75, 3.05) is 52.5 Å². The Labute approximate surface area is 178 Å². The Balaban J connectivity index is 0.00000338. The number of ether oxygens (including phenoxy) is 1. The molecule has 2 fully saturated rings. The molecule has 154 valence electrons. The van der Waals surface area contributed by atoms with Gasteiger partial charge in [-0.2, -0.15) is 0 Å². The van der Waals surface area contributed by atoms with Crippen LogP contribution in [0, 0.1) is 11.8 Å². The van der Waals surface area contributed by atoms with Crippen LogP contribution in [-0.2, 0) is 4.74 Å². The van der Waals surface area contributed by atoms with Crippen molar-refractivity contribution in [2.45, 2.75) is 58.8 Å². The van der Waals surface area contributed by atoms with Crippen LogP contribution in [0.2, 0.25) is 0 Å². The van der Waals surface area contributed by atoms with Crippen LogP contribution in [0.25, 0.3) is 0 Å². The molecule has 1 heterocycles. The maximum absolute atomic E-state index is 5.39. The lowest BCUT2D eigenvalue weighted by atomic mass is 9.81. The van der Waals surface area contributed by atoms with Crippen LogP contribution in [0.4, 0.5) is 0 Å². The predicted octanol–water partition coefficient (Wildman–Crippen LogP) is 3.49. The zero-order chi connectivity index (χ0) is 17.7. The number of unbranched alkanes of at least 4 members (excludes halogenated alkanes) is 1. The quantitative estimate of drug-likeness (QED) is 0.230. The van der Waals surface area contributed by atoms with E-state index in [1.54, 1.807) is 0 Å². The van der Waals surface area contributed by atoms with E-state index in [4.69, 9.17) is 9.73 Å². The van der Waals surface area contributed by atoms with E-state index in [0.29, 0.717) is 0 Å². The van der Waals surface area contributed by atoms with Crippen molar-refractivity contribution in [3.05, 3.63) is 0 Å². The lowest BCUT2D eigenvalue weighted by molar-refractivity contribution is 0.0373. The number of morpholine rings is 1. The number of hydrogen-bond acceptors (Lipinski definition) is 3. The van der Waals surface area contributed by atoms with Crippen molar-refractivity contribution in [1.29, 1.82) is 0 Å². The Kier molecular flexibility index (Phi) is 13.7. The second kappa shape index (κ2) is 14.9. The molecule has 0 aromatic rings. The number of nitrogens with zero attached hydrogens (tertiary/aromatic N) is 2. The molecule has 2 rings (SSSR count). The van der Waals surface area contributed by atoms with E-state index < -0.39 is 0 Å². The van der Waals surface area contributed by atoms with Gasteiger partial charge in [-0.05, 0) is 51.0 Å². The Morgan fingerprint density at radius 1 is 1.15 bits per heavy atom. The Hall–Kier alpha value is -0.0800. The molecule has 26 heavy (non-hydrogen) atoms. The molecule has 1 aliphatic carbocycles. The highest BCUT2D eigenvalue weighted by Gasteiger charge is 2.18. The molecule has 0 spiro atoms. The first kappa shape index (κ1) is 24.0. The second-order valence-electron chi connectivity index (χ2n) is 7.78. The lowest BCUT2D eigenvalue weighted by Crippen LogP contribution is -2.38. The maximum Gasteiger partial charge on any atom is 0.191 e. The summed E-state index contributed by atoms with van der Waals surface area (Å²) in [5.41, 5.74) is 0. The van der Waals surface area contributed by atoms with Crippen LogP contribution in [0.5, 0.6) is 0 Å². The molecule has 0 aromatic carbocycles. The summed E-state index contributed by atoms with van der Waals surface area (Å²) in [7, 11) is 0. The minimum Gasteiger partial charge on any atom is -0.379 e. The van der Waals surface area contributed by atoms with Crippen molar-refractivity contribution in [1.82, 2.24) is 15.5 Å². The number of nitrogens with one attached hydrogen (secondary N) is 2. The molecular weight excluding hydrogens is 439 g/mol. The zero-order valence-corrected chi connectivity index (χ0v) is 19.3.